The van der Waals surface area contributed by atoms with Gasteiger partial charge in [-0.15, -0.1) is 0 Å². The second-order valence-electron chi connectivity index (χ2n) is 7.62. The highest BCUT2D eigenvalue weighted by Gasteiger charge is 2.20. The molecule has 5 nitrogen and oxygen atoms in total. The van der Waals surface area contributed by atoms with Crippen molar-refractivity contribution >= 4 is 22.9 Å². The Morgan fingerprint density at radius 1 is 1.10 bits per heavy atom. The third-order valence-corrected chi connectivity index (χ3v) is 5.65. The lowest BCUT2D eigenvalue weighted by molar-refractivity contribution is -0.117. The molecule has 0 bridgehead atoms. The van der Waals surface area contributed by atoms with E-state index in [0.29, 0.717) is 12.1 Å². The molecule has 0 atom stereocenters. The summed E-state index contributed by atoms with van der Waals surface area (Å²) in [6.07, 6.45) is 7.80. The summed E-state index contributed by atoms with van der Waals surface area (Å²) in [5.41, 5.74) is 3.49. The summed E-state index contributed by atoms with van der Waals surface area (Å²) in [4.78, 5) is 12.6. The van der Waals surface area contributed by atoms with Gasteiger partial charge in [-0.2, -0.15) is 10.5 Å². The summed E-state index contributed by atoms with van der Waals surface area (Å²) < 4.78 is 2.06. The van der Waals surface area contributed by atoms with Gasteiger partial charge < -0.3 is 9.88 Å². The first-order valence-electron chi connectivity index (χ1n) is 10.2. The van der Waals surface area contributed by atoms with E-state index in [-0.39, 0.29) is 17.5 Å². The summed E-state index contributed by atoms with van der Waals surface area (Å²) in [7, 11) is 0. The third-order valence-electron chi connectivity index (χ3n) is 5.65. The van der Waals surface area contributed by atoms with Crippen LogP contribution >= 0.6 is 0 Å². The molecule has 0 unspecified atom stereocenters. The van der Waals surface area contributed by atoms with Crippen molar-refractivity contribution in [2.45, 2.75) is 38.3 Å². The van der Waals surface area contributed by atoms with Crippen LogP contribution in [-0.4, -0.2) is 16.5 Å². The van der Waals surface area contributed by atoms with Crippen molar-refractivity contribution in [1.82, 2.24) is 9.88 Å². The Kier molecular flexibility index (Phi) is 5.63. The third kappa shape index (κ3) is 3.97. The molecule has 0 aliphatic heterocycles. The molecule has 1 N–H and O–H groups in total. The SMILES string of the molecule is N#C/C(=C/c1cn(Cc2ccccc2C#N)c2ccccc12)C(=O)NC1CCCC1. The van der Waals surface area contributed by atoms with E-state index in [1.807, 2.05) is 54.7 Å². The maximum absolute atomic E-state index is 12.6. The number of nitrogens with zero attached hydrogens (tertiary/aromatic N) is 3. The zero-order valence-corrected chi connectivity index (χ0v) is 16.6. The number of carbonyl (C=O) groups is 1. The van der Waals surface area contributed by atoms with E-state index in [1.54, 1.807) is 6.08 Å². The number of amides is 1. The fourth-order valence-corrected chi connectivity index (χ4v) is 4.11. The van der Waals surface area contributed by atoms with Gasteiger partial charge in [0.1, 0.15) is 11.6 Å². The fourth-order valence-electron chi connectivity index (χ4n) is 4.11. The smallest absolute Gasteiger partial charge is 0.262 e. The maximum Gasteiger partial charge on any atom is 0.262 e. The molecule has 1 aromatic heterocycles. The van der Waals surface area contributed by atoms with Gasteiger partial charge in [-0.25, -0.2) is 0 Å². The number of hydrogen-bond donors (Lipinski definition) is 1. The maximum atomic E-state index is 12.6. The van der Waals surface area contributed by atoms with Gasteiger partial charge in [0.25, 0.3) is 5.91 Å². The minimum absolute atomic E-state index is 0.113. The van der Waals surface area contributed by atoms with Gasteiger partial charge in [-0.1, -0.05) is 49.2 Å². The highest BCUT2D eigenvalue weighted by molar-refractivity contribution is 6.04. The van der Waals surface area contributed by atoms with E-state index in [4.69, 9.17) is 0 Å². The predicted molar refractivity (Wildman–Crippen MR) is 116 cm³/mol. The van der Waals surface area contributed by atoms with E-state index in [9.17, 15) is 15.3 Å². The Balaban J connectivity index is 1.69. The van der Waals surface area contributed by atoms with Crippen molar-refractivity contribution < 1.29 is 4.79 Å². The second kappa shape index (κ2) is 8.68. The van der Waals surface area contributed by atoms with Crippen LogP contribution in [0.15, 0.2) is 60.3 Å². The molecule has 1 aliphatic carbocycles. The van der Waals surface area contributed by atoms with Crippen LogP contribution in [-0.2, 0) is 11.3 Å². The van der Waals surface area contributed by atoms with Crippen LogP contribution in [0.2, 0.25) is 0 Å². The molecule has 0 radical (unpaired) electrons. The van der Waals surface area contributed by atoms with Crippen LogP contribution in [0.5, 0.6) is 0 Å². The van der Waals surface area contributed by atoms with Crippen LogP contribution in [0.3, 0.4) is 0 Å². The summed E-state index contributed by atoms with van der Waals surface area (Å²) in [6, 6.07) is 19.9. The summed E-state index contributed by atoms with van der Waals surface area (Å²) in [6.45, 7) is 0.536. The van der Waals surface area contributed by atoms with Crippen molar-refractivity contribution in [2.24, 2.45) is 0 Å². The van der Waals surface area contributed by atoms with E-state index in [2.05, 4.69) is 22.0 Å². The van der Waals surface area contributed by atoms with E-state index >= 15 is 0 Å². The minimum atomic E-state index is -0.309. The summed E-state index contributed by atoms with van der Waals surface area (Å²) in [5.74, 6) is -0.309. The Morgan fingerprint density at radius 2 is 1.83 bits per heavy atom. The van der Waals surface area contributed by atoms with Gasteiger partial charge in [0.2, 0.25) is 0 Å². The monoisotopic (exact) mass is 394 g/mol. The molecule has 4 rings (SSSR count). The predicted octanol–water partition coefficient (Wildman–Crippen LogP) is 4.53. The largest absolute Gasteiger partial charge is 0.349 e. The normalized spacial score (nSPS) is 14.4. The molecule has 148 valence electrons. The van der Waals surface area contributed by atoms with Crippen molar-refractivity contribution in [2.75, 3.05) is 0 Å². The number of fused-ring (bicyclic) bond motifs is 1. The molecule has 2 aromatic carbocycles. The van der Waals surface area contributed by atoms with Gasteiger partial charge in [0.15, 0.2) is 0 Å². The summed E-state index contributed by atoms with van der Waals surface area (Å²) in [5, 5.41) is 22.9. The molecule has 5 heteroatoms. The van der Waals surface area contributed by atoms with Crippen LogP contribution in [0.1, 0.15) is 42.4 Å². The molecule has 3 aromatic rings. The van der Waals surface area contributed by atoms with Crippen LogP contribution < -0.4 is 5.32 Å². The van der Waals surface area contributed by atoms with Crippen molar-refractivity contribution in [3.05, 3.63) is 77.0 Å². The number of benzene rings is 2. The van der Waals surface area contributed by atoms with Crippen molar-refractivity contribution in [1.29, 1.82) is 10.5 Å². The Hall–Kier alpha value is -3.83. The zero-order valence-electron chi connectivity index (χ0n) is 16.6. The molecule has 1 heterocycles. The zero-order chi connectivity index (χ0) is 20.9. The number of rotatable bonds is 5. The first-order valence-corrected chi connectivity index (χ1v) is 10.2. The number of nitrogens with one attached hydrogen (secondary N) is 1. The van der Waals surface area contributed by atoms with Gasteiger partial charge in [0.05, 0.1) is 11.6 Å². The van der Waals surface area contributed by atoms with Crippen LogP contribution in [0.4, 0.5) is 0 Å². The lowest BCUT2D eigenvalue weighted by Crippen LogP contribution is -2.33. The van der Waals surface area contributed by atoms with Gasteiger partial charge in [-0.05, 0) is 36.6 Å². The highest BCUT2D eigenvalue weighted by Crippen LogP contribution is 2.25. The molecular weight excluding hydrogens is 372 g/mol. The Bertz CT molecular complexity index is 1200. The molecule has 0 spiro atoms. The van der Waals surface area contributed by atoms with Crippen LogP contribution in [0.25, 0.3) is 17.0 Å². The molecule has 1 aliphatic rings. The number of nitriles is 2. The molecule has 1 amide bonds. The highest BCUT2D eigenvalue weighted by atomic mass is 16.1. The number of carbonyl (C=O) groups excluding carboxylic acids is 1. The van der Waals surface area contributed by atoms with E-state index < -0.39 is 0 Å². The molecule has 0 saturated heterocycles. The first-order chi connectivity index (χ1) is 14.7. The fraction of sp³-hybridized carbons (Fsp3) is 0.240. The average molecular weight is 394 g/mol. The van der Waals surface area contributed by atoms with Gasteiger partial charge in [-0.3, -0.25) is 4.79 Å². The van der Waals surface area contributed by atoms with Gasteiger partial charge >= 0.3 is 0 Å². The summed E-state index contributed by atoms with van der Waals surface area (Å²) >= 11 is 0. The van der Waals surface area contributed by atoms with Gasteiger partial charge in [0, 0.05) is 35.2 Å². The Labute approximate surface area is 175 Å². The van der Waals surface area contributed by atoms with E-state index in [0.717, 1.165) is 47.7 Å². The van der Waals surface area contributed by atoms with E-state index in [1.165, 1.54) is 0 Å². The van der Waals surface area contributed by atoms with Crippen molar-refractivity contribution in [3.8, 4) is 12.1 Å². The molecule has 1 fully saturated rings. The molecular formula is C25H22N4O. The second-order valence-corrected chi connectivity index (χ2v) is 7.62. The van der Waals surface area contributed by atoms with Crippen molar-refractivity contribution in [3.63, 3.8) is 0 Å². The lowest BCUT2D eigenvalue weighted by atomic mass is 10.1. The average Bonchev–Trinajstić information content (AvgIpc) is 3.40. The number of para-hydroxylation sites is 1. The van der Waals surface area contributed by atoms with Crippen LogP contribution in [0, 0.1) is 22.7 Å². The molecule has 30 heavy (non-hydrogen) atoms. The minimum Gasteiger partial charge on any atom is -0.349 e. The number of aromatic nitrogens is 1. The quantitative estimate of drug-likeness (QED) is 0.510. The Morgan fingerprint density at radius 3 is 2.60 bits per heavy atom. The lowest BCUT2D eigenvalue weighted by Gasteiger charge is -2.10. The number of hydrogen-bond acceptors (Lipinski definition) is 3. The molecule has 1 saturated carbocycles. The standard InChI is InChI=1S/C25H22N4O/c26-14-18-7-1-2-8-19(18)16-29-17-21(23-11-5-6-12-24(23)29)13-20(15-27)25(30)28-22-9-3-4-10-22/h1-2,5-8,11-13,17,22H,3-4,9-10,16H2,(H,28,30)/b20-13-. The first kappa shape index (κ1) is 19.5. The topological polar surface area (TPSA) is 81.6 Å².